The number of carbonyl (C=O) groups excluding carboxylic acids is 2. The van der Waals surface area contributed by atoms with Crippen molar-refractivity contribution in [2.45, 2.75) is 25.7 Å². The van der Waals surface area contributed by atoms with E-state index in [1.807, 2.05) is 60.7 Å². The van der Waals surface area contributed by atoms with Crippen molar-refractivity contribution in [1.82, 2.24) is 0 Å². The lowest BCUT2D eigenvalue weighted by atomic mass is 9.92. The fraction of sp³-hybridized carbons (Fsp3) is 0.240. The maximum absolute atomic E-state index is 13.3. The van der Waals surface area contributed by atoms with Gasteiger partial charge in [-0.1, -0.05) is 60.7 Å². The van der Waals surface area contributed by atoms with Gasteiger partial charge in [-0.3, -0.25) is 9.59 Å². The number of Topliss-reactive ketones (excluding diaryl/α,β-unsaturated/α-hetero) is 1. The summed E-state index contributed by atoms with van der Waals surface area (Å²) in [5.74, 6) is 0.861. The molecule has 2 aromatic carbocycles. The summed E-state index contributed by atoms with van der Waals surface area (Å²) in [6.07, 6.45) is 5.16. The van der Waals surface area contributed by atoms with Gasteiger partial charge < -0.3 is 0 Å². The fourth-order valence-electron chi connectivity index (χ4n) is 4.06. The van der Waals surface area contributed by atoms with Crippen LogP contribution in [-0.2, 0) is 4.79 Å². The van der Waals surface area contributed by atoms with E-state index in [0.717, 1.165) is 41.0 Å². The van der Waals surface area contributed by atoms with Crippen LogP contribution in [0.2, 0.25) is 0 Å². The molecule has 4 heteroatoms. The van der Waals surface area contributed by atoms with E-state index >= 15 is 0 Å². The van der Waals surface area contributed by atoms with Crippen molar-refractivity contribution < 1.29 is 9.59 Å². The van der Waals surface area contributed by atoms with E-state index in [1.54, 1.807) is 11.8 Å². The average Bonchev–Trinajstić information content (AvgIpc) is 3.15. The van der Waals surface area contributed by atoms with Gasteiger partial charge in [-0.25, -0.2) is 4.99 Å². The summed E-state index contributed by atoms with van der Waals surface area (Å²) in [7, 11) is 0. The van der Waals surface area contributed by atoms with Crippen LogP contribution in [0.3, 0.4) is 0 Å². The first-order valence-electron chi connectivity index (χ1n) is 9.89. The molecular weight excluding hydrogens is 378 g/mol. The number of rotatable bonds is 7. The van der Waals surface area contributed by atoms with Gasteiger partial charge in [0.1, 0.15) is 0 Å². The monoisotopic (exact) mass is 401 g/mol. The Morgan fingerprint density at radius 1 is 0.966 bits per heavy atom. The van der Waals surface area contributed by atoms with Crippen LogP contribution in [0, 0.1) is 0 Å². The van der Waals surface area contributed by atoms with Crippen molar-refractivity contribution in [2.24, 2.45) is 4.99 Å². The van der Waals surface area contributed by atoms with Crippen LogP contribution in [-0.4, -0.2) is 29.4 Å². The van der Waals surface area contributed by atoms with Gasteiger partial charge in [0.25, 0.3) is 5.91 Å². The van der Waals surface area contributed by atoms with E-state index in [-0.39, 0.29) is 11.7 Å². The lowest BCUT2D eigenvalue weighted by Crippen LogP contribution is -2.14. The molecule has 0 unspecified atom stereocenters. The molecule has 0 N–H and O–H groups in total. The number of hydrogen-bond acceptors (Lipinski definition) is 3. The molecule has 0 radical (unpaired) electrons. The topological polar surface area (TPSA) is 46.5 Å². The Kier molecular flexibility index (Phi) is 5.91. The molecule has 0 spiro atoms. The number of hydrogen-bond donors (Lipinski definition) is 0. The van der Waals surface area contributed by atoms with Crippen molar-refractivity contribution in [1.29, 1.82) is 0 Å². The molecule has 0 fully saturated rings. The first-order chi connectivity index (χ1) is 14.2. The van der Waals surface area contributed by atoms with Gasteiger partial charge in [0, 0.05) is 34.4 Å². The summed E-state index contributed by atoms with van der Waals surface area (Å²) < 4.78 is 0. The summed E-state index contributed by atoms with van der Waals surface area (Å²) >= 11 is 1.81. The third-order valence-corrected chi connectivity index (χ3v) is 6.07. The van der Waals surface area contributed by atoms with E-state index in [2.05, 4.69) is 11.2 Å². The molecule has 0 saturated carbocycles. The molecule has 146 valence electrons. The molecule has 2 aromatic rings. The number of nitrogens with zero attached hydrogens (tertiary/aromatic N) is 1. The molecule has 29 heavy (non-hydrogen) atoms. The van der Waals surface area contributed by atoms with Crippen molar-refractivity contribution in [3.63, 3.8) is 0 Å². The molecule has 3 nitrogen and oxygen atoms in total. The summed E-state index contributed by atoms with van der Waals surface area (Å²) in [6, 6.07) is 19.1. The molecule has 1 aliphatic heterocycles. The minimum atomic E-state index is -0.194. The molecule has 0 bridgehead atoms. The van der Waals surface area contributed by atoms with Gasteiger partial charge in [-0.2, -0.15) is 11.8 Å². The summed E-state index contributed by atoms with van der Waals surface area (Å²) in [5.41, 5.74) is 5.68. The standard InChI is InChI=1S/C25H23NO2S/c1-29-14-8-13-20-15-19-16-21(24(27)18-11-6-3-7-12-18)22(23(19)25(28)26-20)17-9-4-2-5-10-17/h2-7,9-12H,8,13-16H2,1H3. The molecule has 1 aliphatic carbocycles. The second-order valence-electron chi connectivity index (χ2n) is 7.33. The van der Waals surface area contributed by atoms with Crippen LogP contribution < -0.4 is 0 Å². The Bertz CT molecular complexity index is 1030. The summed E-state index contributed by atoms with van der Waals surface area (Å²) in [5, 5.41) is 0. The highest BCUT2D eigenvalue weighted by Crippen LogP contribution is 2.44. The number of thioether (sulfide) groups is 1. The number of carbonyl (C=O) groups is 2. The summed E-state index contributed by atoms with van der Waals surface area (Å²) in [6.45, 7) is 0. The number of ketones is 1. The molecule has 1 heterocycles. The predicted octanol–water partition coefficient (Wildman–Crippen LogP) is 5.54. The third kappa shape index (κ3) is 4.03. The van der Waals surface area contributed by atoms with Crippen molar-refractivity contribution in [3.05, 3.63) is 88.5 Å². The summed E-state index contributed by atoms with van der Waals surface area (Å²) in [4.78, 5) is 30.8. The highest BCUT2D eigenvalue weighted by Gasteiger charge is 2.35. The lowest BCUT2D eigenvalue weighted by Gasteiger charge is -2.16. The van der Waals surface area contributed by atoms with Crippen LogP contribution in [0.25, 0.3) is 5.57 Å². The van der Waals surface area contributed by atoms with Crippen molar-refractivity contribution in [2.75, 3.05) is 12.0 Å². The van der Waals surface area contributed by atoms with Gasteiger partial charge in [0.15, 0.2) is 5.78 Å². The van der Waals surface area contributed by atoms with E-state index < -0.39 is 0 Å². The maximum atomic E-state index is 13.3. The minimum absolute atomic E-state index is 0.00409. The Morgan fingerprint density at radius 3 is 2.34 bits per heavy atom. The SMILES string of the molecule is CSCCCC1=NC(=O)C2=C(C1)CC(C(=O)c1ccccc1)=C2c1ccccc1. The Labute approximate surface area is 175 Å². The number of benzene rings is 2. The lowest BCUT2D eigenvalue weighted by molar-refractivity contribution is -0.114. The quantitative estimate of drug-likeness (QED) is 0.452. The Hall–Kier alpha value is -2.72. The zero-order chi connectivity index (χ0) is 20.2. The number of amides is 1. The first-order valence-corrected chi connectivity index (χ1v) is 11.3. The zero-order valence-corrected chi connectivity index (χ0v) is 17.3. The van der Waals surface area contributed by atoms with Crippen LogP contribution in [0.1, 0.15) is 41.6 Å². The number of dihydropyridines is 1. The van der Waals surface area contributed by atoms with Gasteiger partial charge in [0.05, 0.1) is 0 Å². The maximum Gasteiger partial charge on any atom is 0.277 e. The number of allylic oxidation sites excluding steroid dienone is 2. The van der Waals surface area contributed by atoms with Crippen molar-refractivity contribution >= 4 is 34.7 Å². The van der Waals surface area contributed by atoms with E-state index in [4.69, 9.17) is 0 Å². The zero-order valence-electron chi connectivity index (χ0n) is 16.5. The molecular formula is C25H23NO2S. The third-order valence-electron chi connectivity index (χ3n) is 5.37. The second kappa shape index (κ2) is 8.75. The van der Waals surface area contributed by atoms with Crippen LogP contribution in [0.5, 0.6) is 0 Å². The van der Waals surface area contributed by atoms with Gasteiger partial charge in [-0.15, -0.1) is 0 Å². The molecule has 0 saturated heterocycles. The Balaban J connectivity index is 1.71. The molecule has 1 amide bonds. The van der Waals surface area contributed by atoms with Gasteiger partial charge >= 0.3 is 0 Å². The van der Waals surface area contributed by atoms with Gasteiger partial charge in [0.2, 0.25) is 0 Å². The second-order valence-corrected chi connectivity index (χ2v) is 8.31. The van der Waals surface area contributed by atoms with Crippen LogP contribution in [0.15, 0.2) is 82.4 Å². The molecule has 0 aromatic heterocycles. The molecule has 0 atom stereocenters. The minimum Gasteiger partial charge on any atom is -0.289 e. The first kappa shape index (κ1) is 19.6. The smallest absolute Gasteiger partial charge is 0.277 e. The predicted molar refractivity (Wildman–Crippen MR) is 120 cm³/mol. The normalized spacial score (nSPS) is 16.2. The Morgan fingerprint density at radius 2 is 1.66 bits per heavy atom. The van der Waals surface area contributed by atoms with E-state index in [9.17, 15) is 9.59 Å². The average molecular weight is 402 g/mol. The van der Waals surface area contributed by atoms with E-state index in [0.29, 0.717) is 29.6 Å². The largest absolute Gasteiger partial charge is 0.289 e. The number of aliphatic imine (C=N–C) groups is 1. The van der Waals surface area contributed by atoms with E-state index in [1.165, 1.54) is 0 Å². The highest BCUT2D eigenvalue weighted by molar-refractivity contribution is 7.98. The van der Waals surface area contributed by atoms with Crippen LogP contribution >= 0.6 is 11.8 Å². The molecule has 4 rings (SSSR count). The fourth-order valence-corrected chi connectivity index (χ4v) is 4.49. The van der Waals surface area contributed by atoms with Crippen molar-refractivity contribution in [3.8, 4) is 0 Å². The highest BCUT2D eigenvalue weighted by atomic mass is 32.2. The molecule has 2 aliphatic rings. The van der Waals surface area contributed by atoms with Gasteiger partial charge in [-0.05, 0) is 42.4 Å². The van der Waals surface area contributed by atoms with Crippen LogP contribution in [0.4, 0.5) is 0 Å².